The normalized spacial score (nSPS) is 10.6. The van der Waals surface area contributed by atoms with Crippen molar-refractivity contribution < 1.29 is 9.47 Å². The first-order valence-electron chi connectivity index (χ1n) is 6.55. The first-order chi connectivity index (χ1) is 9.74. The fraction of sp³-hybridized carbons (Fsp3) is 0.400. The highest BCUT2D eigenvalue weighted by molar-refractivity contribution is 7.09. The van der Waals surface area contributed by atoms with Crippen LogP contribution in [0.3, 0.4) is 0 Å². The molecule has 4 nitrogen and oxygen atoms in total. The molecular formula is C15H20N2O2S. The molecule has 0 radical (unpaired) electrons. The van der Waals surface area contributed by atoms with Crippen molar-refractivity contribution in [2.45, 2.75) is 19.9 Å². The van der Waals surface area contributed by atoms with Crippen LogP contribution in [0.5, 0.6) is 11.5 Å². The smallest absolute Gasteiger partial charge is 0.160 e. The van der Waals surface area contributed by atoms with E-state index in [1.165, 1.54) is 10.4 Å². The SMILES string of the molecule is COc1ccc(CCNCc2scnc2C)cc1OC. The quantitative estimate of drug-likeness (QED) is 0.797. The van der Waals surface area contributed by atoms with E-state index < -0.39 is 0 Å². The zero-order chi connectivity index (χ0) is 14.4. The predicted octanol–water partition coefficient (Wildman–Crippen LogP) is 2.80. The average molecular weight is 292 g/mol. The molecule has 2 aromatic rings. The van der Waals surface area contributed by atoms with E-state index in [1.54, 1.807) is 25.6 Å². The van der Waals surface area contributed by atoms with Crippen LogP contribution < -0.4 is 14.8 Å². The first-order valence-corrected chi connectivity index (χ1v) is 7.43. The molecule has 108 valence electrons. The van der Waals surface area contributed by atoms with Gasteiger partial charge in [0.1, 0.15) is 0 Å². The van der Waals surface area contributed by atoms with Crippen LogP contribution in [0.15, 0.2) is 23.7 Å². The molecule has 0 spiro atoms. The highest BCUT2D eigenvalue weighted by Crippen LogP contribution is 2.27. The van der Waals surface area contributed by atoms with E-state index in [9.17, 15) is 0 Å². The maximum absolute atomic E-state index is 5.31. The van der Waals surface area contributed by atoms with Crippen molar-refractivity contribution in [3.05, 3.63) is 39.8 Å². The molecule has 0 saturated carbocycles. The molecule has 0 aliphatic heterocycles. The largest absolute Gasteiger partial charge is 0.493 e. The Balaban J connectivity index is 1.83. The highest BCUT2D eigenvalue weighted by Gasteiger charge is 2.05. The summed E-state index contributed by atoms with van der Waals surface area (Å²) in [5, 5.41) is 3.44. The van der Waals surface area contributed by atoms with E-state index in [0.29, 0.717) is 0 Å². The molecule has 20 heavy (non-hydrogen) atoms. The van der Waals surface area contributed by atoms with Crippen molar-refractivity contribution >= 4 is 11.3 Å². The van der Waals surface area contributed by atoms with Crippen LogP contribution in [0, 0.1) is 6.92 Å². The first kappa shape index (κ1) is 14.8. The molecule has 1 heterocycles. The van der Waals surface area contributed by atoms with Crippen molar-refractivity contribution in [3.63, 3.8) is 0 Å². The lowest BCUT2D eigenvalue weighted by molar-refractivity contribution is 0.354. The Labute approximate surface area is 123 Å². The van der Waals surface area contributed by atoms with E-state index >= 15 is 0 Å². The summed E-state index contributed by atoms with van der Waals surface area (Å²) in [4.78, 5) is 5.55. The van der Waals surface area contributed by atoms with Crippen LogP contribution in [0.4, 0.5) is 0 Å². The summed E-state index contributed by atoms with van der Waals surface area (Å²) in [6.45, 7) is 3.85. The zero-order valence-corrected chi connectivity index (χ0v) is 12.9. The van der Waals surface area contributed by atoms with Gasteiger partial charge in [0.15, 0.2) is 11.5 Å². The minimum absolute atomic E-state index is 0.768. The molecule has 5 heteroatoms. The number of rotatable bonds is 7. The molecule has 0 fully saturated rings. The number of ether oxygens (including phenoxy) is 2. The zero-order valence-electron chi connectivity index (χ0n) is 12.1. The molecule has 1 aromatic heterocycles. The predicted molar refractivity (Wildman–Crippen MR) is 81.8 cm³/mol. The Kier molecular flexibility index (Phi) is 5.38. The van der Waals surface area contributed by atoms with E-state index in [1.807, 2.05) is 24.6 Å². The summed E-state index contributed by atoms with van der Waals surface area (Å²) in [5.74, 6) is 1.55. The molecule has 1 aromatic carbocycles. The Morgan fingerprint density at radius 3 is 2.65 bits per heavy atom. The van der Waals surface area contributed by atoms with Crippen LogP contribution in [0.25, 0.3) is 0 Å². The van der Waals surface area contributed by atoms with E-state index in [-0.39, 0.29) is 0 Å². The molecule has 0 aliphatic carbocycles. The fourth-order valence-corrected chi connectivity index (χ4v) is 2.71. The van der Waals surface area contributed by atoms with E-state index in [4.69, 9.17) is 9.47 Å². The van der Waals surface area contributed by atoms with E-state index in [2.05, 4.69) is 16.4 Å². The third-order valence-corrected chi connectivity index (χ3v) is 4.10. The molecule has 0 saturated heterocycles. The van der Waals surface area contributed by atoms with Crippen molar-refractivity contribution in [1.29, 1.82) is 0 Å². The number of aromatic nitrogens is 1. The molecule has 0 unspecified atom stereocenters. The van der Waals surface area contributed by atoms with Crippen LogP contribution in [0.2, 0.25) is 0 Å². The Bertz CT molecular complexity index is 555. The van der Waals surface area contributed by atoms with Gasteiger partial charge in [0.05, 0.1) is 25.4 Å². The average Bonchev–Trinajstić information content (AvgIpc) is 2.88. The van der Waals surface area contributed by atoms with Gasteiger partial charge in [-0.3, -0.25) is 0 Å². The lowest BCUT2D eigenvalue weighted by Gasteiger charge is -2.10. The molecule has 2 rings (SSSR count). The Hall–Kier alpha value is -1.59. The van der Waals surface area contributed by atoms with Gasteiger partial charge in [-0.15, -0.1) is 11.3 Å². The molecule has 0 atom stereocenters. The summed E-state index contributed by atoms with van der Waals surface area (Å²) in [7, 11) is 3.31. The van der Waals surface area contributed by atoms with Gasteiger partial charge < -0.3 is 14.8 Å². The van der Waals surface area contributed by atoms with Gasteiger partial charge in [0, 0.05) is 11.4 Å². The number of hydrogen-bond acceptors (Lipinski definition) is 5. The number of nitrogens with one attached hydrogen (secondary N) is 1. The Morgan fingerprint density at radius 2 is 2.00 bits per heavy atom. The minimum Gasteiger partial charge on any atom is -0.493 e. The maximum Gasteiger partial charge on any atom is 0.160 e. The maximum atomic E-state index is 5.31. The van der Waals surface area contributed by atoms with Crippen LogP contribution in [-0.4, -0.2) is 25.7 Å². The minimum atomic E-state index is 0.768. The van der Waals surface area contributed by atoms with Crippen molar-refractivity contribution in [2.24, 2.45) is 0 Å². The summed E-state index contributed by atoms with van der Waals surface area (Å²) < 4.78 is 10.5. The standard InChI is InChI=1S/C15H20N2O2S/c1-11-15(20-10-17-11)9-16-7-6-12-4-5-13(18-2)14(8-12)19-3/h4-5,8,10,16H,6-7,9H2,1-3H3. The number of methoxy groups -OCH3 is 2. The van der Waals surface area contributed by atoms with Crippen molar-refractivity contribution in [3.8, 4) is 11.5 Å². The van der Waals surface area contributed by atoms with Crippen molar-refractivity contribution in [1.82, 2.24) is 10.3 Å². The molecular weight excluding hydrogens is 272 g/mol. The molecule has 0 aliphatic rings. The van der Waals surface area contributed by atoms with Gasteiger partial charge >= 0.3 is 0 Å². The van der Waals surface area contributed by atoms with Gasteiger partial charge in [-0.05, 0) is 37.6 Å². The number of thiazole rings is 1. The van der Waals surface area contributed by atoms with Gasteiger partial charge in [0.2, 0.25) is 0 Å². The lowest BCUT2D eigenvalue weighted by Crippen LogP contribution is -2.16. The van der Waals surface area contributed by atoms with Crippen LogP contribution in [-0.2, 0) is 13.0 Å². The fourth-order valence-electron chi connectivity index (χ4n) is 1.97. The molecule has 0 bridgehead atoms. The summed E-state index contributed by atoms with van der Waals surface area (Å²) in [5.41, 5.74) is 4.24. The third kappa shape index (κ3) is 3.71. The van der Waals surface area contributed by atoms with Gasteiger partial charge in [-0.1, -0.05) is 6.07 Å². The Morgan fingerprint density at radius 1 is 1.20 bits per heavy atom. The van der Waals surface area contributed by atoms with Gasteiger partial charge in [-0.25, -0.2) is 4.98 Å². The van der Waals surface area contributed by atoms with Gasteiger partial charge in [-0.2, -0.15) is 0 Å². The third-order valence-electron chi connectivity index (χ3n) is 3.17. The topological polar surface area (TPSA) is 43.4 Å². The number of aryl methyl sites for hydroxylation is 1. The number of benzene rings is 1. The van der Waals surface area contributed by atoms with Gasteiger partial charge in [0.25, 0.3) is 0 Å². The second-order valence-electron chi connectivity index (χ2n) is 4.48. The molecule has 0 amide bonds. The van der Waals surface area contributed by atoms with Crippen molar-refractivity contribution in [2.75, 3.05) is 20.8 Å². The highest BCUT2D eigenvalue weighted by atomic mass is 32.1. The summed E-state index contributed by atoms with van der Waals surface area (Å²) in [6, 6.07) is 6.04. The second-order valence-corrected chi connectivity index (χ2v) is 5.42. The second kappa shape index (κ2) is 7.26. The number of hydrogen-bond donors (Lipinski definition) is 1. The summed E-state index contributed by atoms with van der Waals surface area (Å²) in [6.07, 6.45) is 0.957. The van der Waals surface area contributed by atoms with Crippen LogP contribution >= 0.6 is 11.3 Å². The van der Waals surface area contributed by atoms with E-state index in [0.717, 1.165) is 36.7 Å². The number of nitrogens with zero attached hydrogens (tertiary/aromatic N) is 1. The monoisotopic (exact) mass is 292 g/mol. The summed E-state index contributed by atoms with van der Waals surface area (Å²) >= 11 is 1.70. The van der Waals surface area contributed by atoms with Crippen LogP contribution in [0.1, 0.15) is 16.1 Å². The molecule has 1 N–H and O–H groups in total. The lowest BCUT2D eigenvalue weighted by atomic mass is 10.1.